The van der Waals surface area contributed by atoms with E-state index in [0.717, 1.165) is 59.5 Å². The van der Waals surface area contributed by atoms with E-state index in [1.165, 1.54) is 0 Å². The first-order valence-corrected chi connectivity index (χ1v) is 13.0. The molecule has 1 fully saturated rings. The molecule has 2 aromatic carbocycles. The first-order valence-electron chi connectivity index (χ1n) is 12.2. The number of benzene rings is 2. The molecule has 0 aromatic heterocycles. The molecule has 1 saturated heterocycles. The lowest BCUT2D eigenvalue weighted by atomic mass is 10.1. The third-order valence-corrected chi connectivity index (χ3v) is 6.58. The van der Waals surface area contributed by atoms with Crippen molar-refractivity contribution in [2.45, 2.75) is 64.8 Å². The van der Waals surface area contributed by atoms with Gasteiger partial charge in [-0.3, -0.25) is 0 Å². The van der Waals surface area contributed by atoms with Crippen LogP contribution in [0.4, 0.5) is 16.2 Å². The Labute approximate surface area is 217 Å². The lowest BCUT2D eigenvalue weighted by Gasteiger charge is -2.29. The highest BCUT2D eigenvalue weighted by Crippen LogP contribution is 2.33. The number of likely N-dealkylation sites (N-methyl/N-ethyl adjacent to an activating group) is 1. The lowest BCUT2D eigenvalue weighted by Crippen LogP contribution is -2.42. The van der Waals surface area contributed by atoms with Gasteiger partial charge in [0.25, 0.3) is 0 Å². The van der Waals surface area contributed by atoms with Crippen LogP contribution in [0.1, 0.15) is 58.7 Å². The van der Waals surface area contributed by atoms with Crippen LogP contribution < -0.4 is 15.0 Å². The van der Waals surface area contributed by atoms with Gasteiger partial charge in [0.1, 0.15) is 11.4 Å². The van der Waals surface area contributed by atoms with E-state index in [0.29, 0.717) is 6.61 Å². The summed E-state index contributed by atoms with van der Waals surface area (Å²) < 4.78 is 12.1. The third kappa shape index (κ3) is 7.77. The van der Waals surface area contributed by atoms with Gasteiger partial charge in [0.15, 0.2) is 6.23 Å². The standard InChI is InChI=1S/C27H38BrN3O4/c1-6-7-16-34-22-11-8-19(9-12-22)25(32)29-20-10-13-24(23(28)17-20)31-15-14-21(18-31)30(5)26(33)35-27(2,3)4/h8-13,17,21,25,29,32H,6-7,14-16,18H2,1-5H3. The van der Waals surface area contributed by atoms with E-state index < -0.39 is 11.8 Å². The molecule has 2 aromatic rings. The minimum absolute atomic E-state index is 0.0882. The molecule has 2 N–H and O–H groups in total. The van der Waals surface area contributed by atoms with Crippen LogP contribution in [0, 0.1) is 0 Å². The molecule has 1 amide bonds. The zero-order chi connectivity index (χ0) is 25.6. The van der Waals surface area contributed by atoms with Gasteiger partial charge < -0.3 is 29.7 Å². The maximum absolute atomic E-state index is 12.4. The highest BCUT2D eigenvalue weighted by Gasteiger charge is 2.31. The Bertz CT molecular complexity index is 977. The maximum atomic E-state index is 12.4. The number of nitrogens with zero attached hydrogens (tertiary/aromatic N) is 2. The molecular weight excluding hydrogens is 510 g/mol. The van der Waals surface area contributed by atoms with Crippen molar-refractivity contribution in [1.82, 2.24) is 4.90 Å². The Morgan fingerprint density at radius 2 is 1.97 bits per heavy atom. The summed E-state index contributed by atoms with van der Waals surface area (Å²) in [7, 11) is 1.80. The number of aliphatic hydroxyl groups is 1. The largest absolute Gasteiger partial charge is 0.494 e. The zero-order valence-electron chi connectivity index (χ0n) is 21.4. The predicted octanol–water partition coefficient (Wildman–Crippen LogP) is 6.18. The van der Waals surface area contributed by atoms with Crippen molar-refractivity contribution in [1.29, 1.82) is 0 Å². The Hall–Kier alpha value is -2.45. The molecule has 0 aliphatic carbocycles. The number of halogens is 1. The summed E-state index contributed by atoms with van der Waals surface area (Å²) >= 11 is 3.68. The number of hydrogen-bond acceptors (Lipinski definition) is 6. The van der Waals surface area contributed by atoms with E-state index >= 15 is 0 Å². The first kappa shape index (κ1) is 27.1. The number of amides is 1. The van der Waals surface area contributed by atoms with Crippen molar-refractivity contribution in [2.24, 2.45) is 0 Å². The number of anilines is 2. The van der Waals surface area contributed by atoms with Crippen LogP contribution in [-0.2, 0) is 4.74 Å². The summed E-state index contributed by atoms with van der Waals surface area (Å²) in [5, 5.41) is 13.8. The fourth-order valence-corrected chi connectivity index (χ4v) is 4.56. The molecule has 1 aliphatic heterocycles. The van der Waals surface area contributed by atoms with E-state index in [1.807, 2.05) is 63.2 Å². The lowest BCUT2D eigenvalue weighted by molar-refractivity contribution is 0.0238. The number of unbranched alkanes of at least 4 members (excludes halogenated alkanes) is 1. The minimum atomic E-state index is -0.837. The molecule has 8 heteroatoms. The number of carbonyl (C=O) groups excluding carboxylic acids is 1. The van der Waals surface area contributed by atoms with E-state index in [1.54, 1.807) is 11.9 Å². The van der Waals surface area contributed by atoms with Gasteiger partial charge >= 0.3 is 6.09 Å². The first-order chi connectivity index (χ1) is 16.6. The van der Waals surface area contributed by atoms with Crippen LogP contribution in [0.25, 0.3) is 0 Å². The molecular formula is C27H38BrN3O4. The highest BCUT2D eigenvalue weighted by atomic mass is 79.9. The summed E-state index contributed by atoms with van der Waals surface area (Å²) in [6.45, 7) is 10.0. The molecule has 35 heavy (non-hydrogen) atoms. The van der Waals surface area contributed by atoms with Gasteiger partial charge in [-0.2, -0.15) is 0 Å². The smallest absolute Gasteiger partial charge is 0.410 e. The van der Waals surface area contributed by atoms with E-state index in [2.05, 4.69) is 33.1 Å². The van der Waals surface area contributed by atoms with Crippen molar-refractivity contribution in [3.63, 3.8) is 0 Å². The highest BCUT2D eigenvalue weighted by molar-refractivity contribution is 9.10. The fourth-order valence-electron chi connectivity index (χ4n) is 3.93. The monoisotopic (exact) mass is 547 g/mol. The predicted molar refractivity (Wildman–Crippen MR) is 144 cm³/mol. The topological polar surface area (TPSA) is 74.3 Å². The Morgan fingerprint density at radius 1 is 1.26 bits per heavy atom. The van der Waals surface area contributed by atoms with Crippen molar-refractivity contribution in [3.8, 4) is 5.75 Å². The second-order valence-corrected chi connectivity index (χ2v) is 10.8. The van der Waals surface area contributed by atoms with Crippen molar-refractivity contribution >= 4 is 33.4 Å². The van der Waals surface area contributed by atoms with Crippen LogP contribution in [-0.4, -0.2) is 54.5 Å². The maximum Gasteiger partial charge on any atom is 0.410 e. The third-order valence-electron chi connectivity index (χ3n) is 5.95. The molecule has 0 radical (unpaired) electrons. The molecule has 1 heterocycles. The molecule has 3 rings (SSSR count). The molecule has 0 spiro atoms. The van der Waals surface area contributed by atoms with Gasteiger partial charge in [0.05, 0.1) is 18.3 Å². The summed E-state index contributed by atoms with van der Waals surface area (Å²) in [5.41, 5.74) is 2.11. The molecule has 0 bridgehead atoms. The fraction of sp³-hybridized carbons (Fsp3) is 0.519. The van der Waals surface area contributed by atoms with Gasteiger partial charge in [0.2, 0.25) is 0 Å². The van der Waals surface area contributed by atoms with Crippen molar-refractivity contribution in [2.75, 3.05) is 37.0 Å². The van der Waals surface area contributed by atoms with Crippen LogP contribution in [0.3, 0.4) is 0 Å². The van der Waals surface area contributed by atoms with Crippen LogP contribution in [0.15, 0.2) is 46.9 Å². The molecule has 2 atom stereocenters. The number of rotatable bonds is 9. The number of hydrogen-bond donors (Lipinski definition) is 2. The van der Waals surface area contributed by atoms with Crippen LogP contribution in [0.5, 0.6) is 5.75 Å². The number of nitrogens with one attached hydrogen (secondary N) is 1. The van der Waals surface area contributed by atoms with Gasteiger partial charge in [-0.05, 0) is 79.9 Å². The minimum Gasteiger partial charge on any atom is -0.494 e. The van der Waals surface area contributed by atoms with Crippen LogP contribution >= 0.6 is 15.9 Å². The average Bonchev–Trinajstić information content (AvgIpc) is 3.28. The normalized spacial score (nSPS) is 16.7. The second-order valence-electron chi connectivity index (χ2n) is 9.96. The summed E-state index contributed by atoms with van der Waals surface area (Å²) in [6.07, 6.45) is 1.86. The molecule has 7 nitrogen and oxygen atoms in total. The summed E-state index contributed by atoms with van der Waals surface area (Å²) in [5.74, 6) is 0.808. The van der Waals surface area contributed by atoms with Crippen LogP contribution in [0.2, 0.25) is 0 Å². The van der Waals surface area contributed by atoms with E-state index in [-0.39, 0.29) is 12.1 Å². The molecule has 0 saturated carbocycles. The number of aliphatic hydroxyl groups excluding tert-OH is 1. The second kappa shape index (κ2) is 12.0. The van der Waals surface area contributed by atoms with Gasteiger partial charge in [-0.1, -0.05) is 25.5 Å². The summed E-state index contributed by atoms with van der Waals surface area (Å²) in [4.78, 5) is 16.4. The number of ether oxygens (including phenoxy) is 2. The molecule has 192 valence electrons. The SMILES string of the molecule is CCCCOc1ccc(C(O)Nc2ccc(N3CCC(N(C)C(=O)OC(C)(C)C)C3)c(Br)c2)cc1. The Balaban J connectivity index is 1.57. The molecule has 1 aliphatic rings. The quantitative estimate of drug-likeness (QED) is 0.288. The van der Waals surface area contributed by atoms with Gasteiger partial charge in [-0.25, -0.2) is 4.79 Å². The molecule has 2 unspecified atom stereocenters. The number of carbonyl (C=O) groups is 1. The van der Waals surface area contributed by atoms with E-state index in [9.17, 15) is 9.90 Å². The van der Waals surface area contributed by atoms with Gasteiger partial charge in [-0.15, -0.1) is 0 Å². The van der Waals surface area contributed by atoms with Gasteiger partial charge in [0, 0.05) is 35.9 Å². The summed E-state index contributed by atoms with van der Waals surface area (Å²) in [6, 6.07) is 13.5. The van der Waals surface area contributed by atoms with Crippen molar-refractivity contribution in [3.05, 3.63) is 52.5 Å². The van der Waals surface area contributed by atoms with E-state index in [4.69, 9.17) is 9.47 Å². The average molecular weight is 549 g/mol. The Kier molecular flexibility index (Phi) is 9.30. The van der Waals surface area contributed by atoms with Crippen molar-refractivity contribution < 1.29 is 19.4 Å². The zero-order valence-corrected chi connectivity index (χ0v) is 23.0. The Morgan fingerprint density at radius 3 is 2.60 bits per heavy atom.